The van der Waals surface area contributed by atoms with Crippen LogP contribution in [0.5, 0.6) is 0 Å². The number of amides is 1. The first-order valence-electron chi connectivity index (χ1n) is 6.03. The quantitative estimate of drug-likeness (QED) is 0.882. The van der Waals surface area contributed by atoms with Crippen LogP contribution in [-0.4, -0.2) is 28.0 Å². The standard InChI is InChI=1S/C13H14BrNO3S/c14-9-5-4-8(13(17)18)7-10(9)15-12(16)11-3-1-2-6-19-11/h4-5,7,11H,1-3,6H2,(H,15,16)(H,17,18). The normalized spacial score (nSPS) is 18.9. The Hall–Kier alpha value is -1.01. The molecule has 1 aliphatic heterocycles. The minimum atomic E-state index is -1.00. The molecule has 19 heavy (non-hydrogen) atoms. The Morgan fingerprint density at radius 3 is 2.79 bits per heavy atom. The number of carboxylic acid groups (broad SMARTS) is 1. The van der Waals surface area contributed by atoms with Crippen LogP contribution < -0.4 is 5.32 Å². The van der Waals surface area contributed by atoms with Gasteiger partial charge in [-0.3, -0.25) is 4.79 Å². The lowest BCUT2D eigenvalue weighted by Gasteiger charge is -2.20. The van der Waals surface area contributed by atoms with Crippen LogP contribution in [0.15, 0.2) is 22.7 Å². The first-order valence-corrected chi connectivity index (χ1v) is 7.87. The minimum Gasteiger partial charge on any atom is -0.478 e. The van der Waals surface area contributed by atoms with Crippen LogP contribution in [0.2, 0.25) is 0 Å². The Morgan fingerprint density at radius 1 is 1.37 bits per heavy atom. The summed E-state index contributed by atoms with van der Waals surface area (Å²) in [6, 6.07) is 4.60. The summed E-state index contributed by atoms with van der Waals surface area (Å²) >= 11 is 4.98. The summed E-state index contributed by atoms with van der Waals surface area (Å²) in [5, 5.41) is 11.7. The summed E-state index contributed by atoms with van der Waals surface area (Å²) in [6.45, 7) is 0. The number of benzene rings is 1. The first kappa shape index (κ1) is 14.4. The Bertz CT molecular complexity index is 501. The third-order valence-corrected chi connectivity index (χ3v) is 5.01. The van der Waals surface area contributed by atoms with Crippen molar-refractivity contribution in [2.75, 3.05) is 11.1 Å². The van der Waals surface area contributed by atoms with E-state index in [9.17, 15) is 9.59 Å². The fraction of sp³-hybridized carbons (Fsp3) is 0.385. The van der Waals surface area contributed by atoms with Gasteiger partial charge in [-0.25, -0.2) is 4.79 Å². The molecular formula is C13H14BrNO3S. The molecule has 1 aromatic carbocycles. The number of carbonyl (C=O) groups excluding carboxylic acids is 1. The number of aromatic carboxylic acids is 1. The lowest BCUT2D eigenvalue weighted by Crippen LogP contribution is -2.27. The largest absolute Gasteiger partial charge is 0.478 e. The van der Waals surface area contributed by atoms with Crippen LogP contribution in [0.4, 0.5) is 5.69 Å². The Morgan fingerprint density at radius 2 is 2.16 bits per heavy atom. The molecule has 1 amide bonds. The molecule has 1 heterocycles. The molecule has 1 aromatic rings. The molecule has 0 aromatic heterocycles. The lowest BCUT2D eigenvalue weighted by atomic mass is 10.1. The van der Waals surface area contributed by atoms with Crippen LogP contribution in [0, 0.1) is 0 Å². The predicted octanol–water partition coefficient (Wildman–Crippen LogP) is 3.37. The fourth-order valence-electron chi connectivity index (χ4n) is 1.91. The van der Waals surface area contributed by atoms with Gasteiger partial charge in [-0.05, 0) is 52.7 Å². The van der Waals surface area contributed by atoms with E-state index in [2.05, 4.69) is 21.2 Å². The van der Waals surface area contributed by atoms with Crippen molar-refractivity contribution in [3.05, 3.63) is 28.2 Å². The number of hydrogen-bond acceptors (Lipinski definition) is 3. The second-order valence-electron chi connectivity index (χ2n) is 4.34. The fourth-order valence-corrected chi connectivity index (χ4v) is 3.46. The molecule has 1 atom stereocenters. The van der Waals surface area contributed by atoms with Gasteiger partial charge in [0.2, 0.25) is 5.91 Å². The number of carboxylic acids is 1. The molecule has 1 aliphatic rings. The molecule has 6 heteroatoms. The zero-order chi connectivity index (χ0) is 13.8. The van der Waals surface area contributed by atoms with Crippen molar-refractivity contribution in [1.82, 2.24) is 0 Å². The van der Waals surface area contributed by atoms with E-state index in [1.165, 1.54) is 12.1 Å². The van der Waals surface area contributed by atoms with Gasteiger partial charge in [0.05, 0.1) is 16.5 Å². The number of rotatable bonds is 3. The molecule has 2 N–H and O–H groups in total. The number of thioether (sulfide) groups is 1. The van der Waals surface area contributed by atoms with Gasteiger partial charge in [-0.1, -0.05) is 6.42 Å². The van der Waals surface area contributed by atoms with E-state index in [0.717, 1.165) is 25.0 Å². The molecule has 1 unspecified atom stereocenters. The summed E-state index contributed by atoms with van der Waals surface area (Å²) in [5.41, 5.74) is 0.672. The molecule has 0 bridgehead atoms. The molecule has 0 saturated carbocycles. The number of carbonyl (C=O) groups is 2. The number of halogens is 1. The minimum absolute atomic E-state index is 0.0332. The van der Waals surface area contributed by atoms with Crippen molar-refractivity contribution in [3.8, 4) is 0 Å². The highest BCUT2D eigenvalue weighted by atomic mass is 79.9. The monoisotopic (exact) mass is 343 g/mol. The first-order chi connectivity index (χ1) is 9.08. The predicted molar refractivity (Wildman–Crippen MR) is 79.8 cm³/mol. The van der Waals surface area contributed by atoms with E-state index < -0.39 is 5.97 Å². The number of anilines is 1. The average Bonchev–Trinajstić information content (AvgIpc) is 2.42. The van der Waals surface area contributed by atoms with Gasteiger partial charge in [0, 0.05) is 4.47 Å². The van der Waals surface area contributed by atoms with Gasteiger partial charge in [-0.15, -0.1) is 11.8 Å². The maximum atomic E-state index is 12.1. The van der Waals surface area contributed by atoms with Gasteiger partial charge in [0.25, 0.3) is 0 Å². The van der Waals surface area contributed by atoms with Gasteiger partial charge in [0.1, 0.15) is 0 Å². The lowest BCUT2D eigenvalue weighted by molar-refractivity contribution is -0.115. The zero-order valence-corrected chi connectivity index (χ0v) is 12.6. The number of hydrogen-bond donors (Lipinski definition) is 2. The molecule has 102 valence electrons. The SMILES string of the molecule is O=C(O)c1ccc(Br)c(NC(=O)C2CCCCS2)c1. The highest BCUT2D eigenvalue weighted by Gasteiger charge is 2.22. The summed E-state index contributed by atoms with van der Waals surface area (Å²) in [5.74, 6) is -0.0444. The Balaban J connectivity index is 2.11. The van der Waals surface area contributed by atoms with E-state index in [4.69, 9.17) is 5.11 Å². The van der Waals surface area contributed by atoms with Crippen LogP contribution in [0.1, 0.15) is 29.6 Å². The average molecular weight is 344 g/mol. The highest BCUT2D eigenvalue weighted by molar-refractivity contribution is 9.10. The maximum absolute atomic E-state index is 12.1. The van der Waals surface area contributed by atoms with E-state index >= 15 is 0 Å². The van der Waals surface area contributed by atoms with Crippen LogP contribution in [-0.2, 0) is 4.79 Å². The van der Waals surface area contributed by atoms with E-state index in [0.29, 0.717) is 10.2 Å². The molecule has 1 fully saturated rings. The van der Waals surface area contributed by atoms with Crippen molar-refractivity contribution in [2.45, 2.75) is 24.5 Å². The van der Waals surface area contributed by atoms with Gasteiger partial charge in [-0.2, -0.15) is 0 Å². The molecule has 2 rings (SSSR count). The second-order valence-corrected chi connectivity index (χ2v) is 6.51. The van der Waals surface area contributed by atoms with Gasteiger partial charge >= 0.3 is 5.97 Å². The molecule has 4 nitrogen and oxygen atoms in total. The molecule has 0 spiro atoms. The third kappa shape index (κ3) is 3.73. The zero-order valence-electron chi connectivity index (χ0n) is 10.2. The molecule has 0 aliphatic carbocycles. The topological polar surface area (TPSA) is 66.4 Å². The maximum Gasteiger partial charge on any atom is 0.335 e. The van der Waals surface area contributed by atoms with Crippen molar-refractivity contribution in [2.24, 2.45) is 0 Å². The molecule has 0 radical (unpaired) electrons. The Kier molecular flexibility index (Phi) is 4.87. The summed E-state index contributed by atoms with van der Waals surface area (Å²) in [6.07, 6.45) is 3.11. The second kappa shape index (κ2) is 6.43. The van der Waals surface area contributed by atoms with Crippen molar-refractivity contribution in [1.29, 1.82) is 0 Å². The van der Waals surface area contributed by atoms with Crippen molar-refractivity contribution in [3.63, 3.8) is 0 Å². The Labute approximate surface area is 124 Å². The van der Waals surface area contributed by atoms with E-state index in [1.807, 2.05) is 0 Å². The van der Waals surface area contributed by atoms with Gasteiger partial charge < -0.3 is 10.4 Å². The molecular weight excluding hydrogens is 330 g/mol. The molecule has 1 saturated heterocycles. The number of nitrogens with one attached hydrogen (secondary N) is 1. The van der Waals surface area contributed by atoms with Crippen LogP contribution >= 0.6 is 27.7 Å². The van der Waals surface area contributed by atoms with Crippen molar-refractivity contribution < 1.29 is 14.7 Å². The van der Waals surface area contributed by atoms with E-state index in [1.54, 1.807) is 17.8 Å². The third-order valence-electron chi connectivity index (χ3n) is 2.94. The smallest absolute Gasteiger partial charge is 0.335 e. The highest BCUT2D eigenvalue weighted by Crippen LogP contribution is 2.28. The van der Waals surface area contributed by atoms with Crippen LogP contribution in [0.3, 0.4) is 0 Å². The van der Waals surface area contributed by atoms with Gasteiger partial charge in [0.15, 0.2) is 0 Å². The summed E-state index contributed by atoms with van der Waals surface area (Å²) < 4.78 is 0.687. The summed E-state index contributed by atoms with van der Waals surface area (Å²) in [4.78, 5) is 23.0. The van der Waals surface area contributed by atoms with Crippen molar-refractivity contribution >= 4 is 45.3 Å². The summed E-state index contributed by atoms with van der Waals surface area (Å²) in [7, 11) is 0. The van der Waals surface area contributed by atoms with E-state index in [-0.39, 0.29) is 16.7 Å². The van der Waals surface area contributed by atoms with Crippen LogP contribution in [0.25, 0.3) is 0 Å².